The van der Waals surface area contributed by atoms with Crippen molar-refractivity contribution in [3.63, 3.8) is 0 Å². The SMILES string of the molecule is NC[C@H]1CC[C@H](c2cnc[nH]2)C1. The van der Waals surface area contributed by atoms with Crippen molar-refractivity contribution in [2.45, 2.75) is 25.2 Å². The van der Waals surface area contributed by atoms with Gasteiger partial charge >= 0.3 is 0 Å². The van der Waals surface area contributed by atoms with Crippen LogP contribution >= 0.6 is 0 Å². The molecule has 0 amide bonds. The molecule has 0 unspecified atom stereocenters. The van der Waals surface area contributed by atoms with Gasteiger partial charge in [0.05, 0.1) is 6.33 Å². The van der Waals surface area contributed by atoms with Crippen molar-refractivity contribution >= 4 is 0 Å². The Morgan fingerprint density at radius 2 is 2.50 bits per heavy atom. The molecular weight excluding hydrogens is 150 g/mol. The molecule has 3 heteroatoms. The second-order valence-electron chi connectivity index (χ2n) is 3.62. The highest BCUT2D eigenvalue weighted by Crippen LogP contribution is 2.36. The van der Waals surface area contributed by atoms with Crippen molar-refractivity contribution in [1.29, 1.82) is 0 Å². The van der Waals surface area contributed by atoms with E-state index >= 15 is 0 Å². The molecule has 1 fully saturated rings. The Morgan fingerprint density at radius 1 is 1.58 bits per heavy atom. The Hall–Kier alpha value is -0.830. The maximum absolute atomic E-state index is 5.62. The summed E-state index contributed by atoms with van der Waals surface area (Å²) in [6, 6.07) is 0. The molecule has 1 aromatic heterocycles. The van der Waals surface area contributed by atoms with E-state index in [1.807, 2.05) is 6.20 Å². The van der Waals surface area contributed by atoms with E-state index in [1.54, 1.807) is 6.33 Å². The summed E-state index contributed by atoms with van der Waals surface area (Å²) in [6.45, 7) is 0.838. The number of nitrogens with two attached hydrogens (primary N) is 1. The van der Waals surface area contributed by atoms with Crippen LogP contribution in [0.2, 0.25) is 0 Å². The van der Waals surface area contributed by atoms with Crippen molar-refractivity contribution in [3.8, 4) is 0 Å². The highest BCUT2D eigenvalue weighted by atomic mass is 14.9. The van der Waals surface area contributed by atoms with Gasteiger partial charge in [-0.15, -0.1) is 0 Å². The van der Waals surface area contributed by atoms with Crippen LogP contribution < -0.4 is 5.73 Å². The molecule has 0 saturated heterocycles. The third-order valence-corrected chi connectivity index (χ3v) is 2.83. The topological polar surface area (TPSA) is 54.7 Å². The van der Waals surface area contributed by atoms with Gasteiger partial charge in [-0.2, -0.15) is 0 Å². The van der Waals surface area contributed by atoms with Crippen LogP contribution in [0.1, 0.15) is 30.9 Å². The van der Waals surface area contributed by atoms with Crippen LogP contribution in [0.4, 0.5) is 0 Å². The van der Waals surface area contributed by atoms with Gasteiger partial charge in [-0.1, -0.05) is 0 Å². The van der Waals surface area contributed by atoms with Gasteiger partial charge in [0.1, 0.15) is 0 Å². The van der Waals surface area contributed by atoms with Crippen LogP contribution in [0, 0.1) is 5.92 Å². The monoisotopic (exact) mass is 165 g/mol. The van der Waals surface area contributed by atoms with E-state index in [9.17, 15) is 0 Å². The van der Waals surface area contributed by atoms with Crippen LogP contribution in [0.15, 0.2) is 12.5 Å². The first-order chi connectivity index (χ1) is 5.90. The fourth-order valence-corrected chi connectivity index (χ4v) is 2.06. The molecule has 12 heavy (non-hydrogen) atoms. The minimum atomic E-state index is 0.682. The molecule has 3 nitrogen and oxygen atoms in total. The summed E-state index contributed by atoms with van der Waals surface area (Å²) in [7, 11) is 0. The van der Waals surface area contributed by atoms with E-state index in [1.165, 1.54) is 25.0 Å². The molecule has 0 radical (unpaired) electrons. The molecule has 3 N–H and O–H groups in total. The molecule has 0 spiro atoms. The molecule has 0 aliphatic heterocycles. The zero-order valence-electron chi connectivity index (χ0n) is 7.16. The fourth-order valence-electron chi connectivity index (χ4n) is 2.06. The minimum absolute atomic E-state index is 0.682. The van der Waals surface area contributed by atoms with Crippen LogP contribution in [-0.4, -0.2) is 16.5 Å². The Kier molecular flexibility index (Phi) is 2.13. The van der Waals surface area contributed by atoms with Crippen molar-refractivity contribution < 1.29 is 0 Å². The highest BCUT2D eigenvalue weighted by Gasteiger charge is 2.25. The molecule has 0 bridgehead atoms. The van der Waals surface area contributed by atoms with Crippen molar-refractivity contribution in [2.24, 2.45) is 11.7 Å². The Morgan fingerprint density at radius 3 is 3.08 bits per heavy atom. The van der Waals surface area contributed by atoms with E-state index in [2.05, 4.69) is 9.97 Å². The lowest BCUT2D eigenvalue weighted by atomic mass is 10.0. The lowest BCUT2D eigenvalue weighted by Gasteiger charge is -2.06. The Labute approximate surface area is 72.4 Å². The molecule has 0 aromatic carbocycles. The first-order valence-electron chi connectivity index (χ1n) is 4.58. The molecule has 2 rings (SSSR count). The number of rotatable bonds is 2. The number of nitrogens with zero attached hydrogens (tertiary/aromatic N) is 1. The molecule has 1 heterocycles. The van der Waals surface area contributed by atoms with E-state index in [0.29, 0.717) is 5.92 Å². The Bertz CT molecular complexity index is 230. The van der Waals surface area contributed by atoms with Gasteiger partial charge < -0.3 is 10.7 Å². The molecule has 1 aliphatic carbocycles. The summed E-state index contributed by atoms with van der Waals surface area (Å²) >= 11 is 0. The lowest BCUT2D eigenvalue weighted by molar-refractivity contribution is 0.549. The second-order valence-corrected chi connectivity index (χ2v) is 3.62. The van der Waals surface area contributed by atoms with Gasteiger partial charge in [-0.05, 0) is 31.7 Å². The number of hydrogen-bond acceptors (Lipinski definition) is 2. The number of nitrogens with one attached hydrogen (secondary N) is 1. The van der Waals surface area contributed by atoms with Gasteiger partial charge in [0.15, 0.2) is 0 Å². The van der Waals surface area contributed by atoms with Crippen LogP contribution in [0.25, 0.3) is 0 Å². The standard InChI is InChI=1S/C9H15N3/c10-4-7-1-2-8(3-7)9-5-11-6-12-9/h5-8H,1-4,10H2,(H,11,12)/t7-,8-/m0/s1. The zero-order valence-corrected chi connectivity index (χ0v) is 7.16. The normalized spacial score (nSPS) is 29.4. The molecule has 66 valence electrons. The largest absolute Gasteiger partial charge is 0.348 e. The van der Waals surface area contributed by atoms with Gasteiger partial charge in [-0.25, -0.2) is 4.98 Å². The third-order valence-electron chi connectivity index (χ3n) is 2.83. The molecular formula is C9H15N3. The van der Waals surface area contributed by atoms with E-state index in [-0.39, 0.29) is 0 Å². The average Bonchev–Trinajstić information content (AvgIpc) is 2.75. The van der Waals surface area contributed by atoms with Gasteiger partial charge in [0.25, 0.3) is 0 Å². The average molecular weight is 165 g/mol. The number of hydrogen-bond donors (Lipinski definition) is 2. The highest BCUT2D eigenvalue weighted by molar-refractivity contribution is 5.06. The molecule has 1 aromatic rings. The molecule has 2 atom stereocenters. The lowest BCUT2D eigenvalue weighted by Crippen LogP contribution is -2.10. The summed E-state index contributed by atoms with van der Waals surface area (Å²) in [5.74, 6) is 1.42. The smallest absolute Gasteiger partial charge is 0.0921 e. The maximum Gasteiger partial charge on any atom is 0.0921 e. The summed E-state index contributed by atoms with van der Waals surface area (Å²) in [5.41, 5.74) is 6.91. The van der Waals surface area contributed by atoms with Gasteiger partial charge in [0, 0.05) is 17.8 Å². The number of H-pyrrole nitrogens is 1. The van der Waals surface area contributed by atoms with E-state index in [0.717, 1.165) is 12.5 Å². The predicted octanol–water partition coefficient (Wildman–Crippen LogP) is 1.25. The summed E-state index contributed by atoms with van der Waals surface area (Å²) in [4.78, 5) is 7.20. The quantitative estimate of drug-likeness (QED) is 0.693. The van der Waals surface area contributed by atoms with Crippen LogP contribution in [0.5, 0.6) is 0 Å². The first-order valence-corrected chi connectivity index (χ1v) is 4.58. The van der Waals surface area contributed by atoms with Gasteiger partial charge in [0.2, 0.25) is 0 Å². The summed E-state index contributed by atoms with van der Waals surface area (Å²) in [6.07, 6.45) is 7.47. The fraction of sp³-hybridized carbons (Fsp3) is 0.667. The van der Waals surface area contributed by atoms with E-state index < -0.39 is 0 Å². The Balaban J connectivity index is 2.00. The van der Waals surface area contributed by atoms with Crippen molar-refractivity contribution in [1.82, 2.24) is 9.97 Å². The molecule has 1 saturated carbocycles. The minimum Gasteiger partial charge on any atom is -0.348 e. The number of aromatic amines is 1. The van der Waals surface area contributed by atoms with E-state index in [4.69, 9.17) is 5.73 Å². The van der Waals surface area contributed by atoms with Crippen molar-refractivity contribution in [3.05, 3.63) is 18.2 Å². The number of aromatic nitrogens is 2. The third kappa shape index (κ3) is 1.37. The number of imidazole rings is 1. The summed E-state index contributed by atoms with van der Waals surface area (Å²) < 4.78 is 0. The van der Waals surface area contributed by atoms with Crippen molar-refractivity contribution in [2.75, 3.05) is 6.54 Å². The zero-order chi connectivity index (χ0) is 8.39. The summed E-state index contributed by atoms with van der Waals surface area (Å²) in [5, 5.41) is 0. The van der Waals surface area contributed by atoms with Gasteiger partial charge in [-0.3, -0.25) is 0 Å². The van der Waals surface area contributed by atoms with Crippen LogP contribution in [0.3, 0.4) is 0 Å². The van der Waals surface area contributed by atoms with Crippen LogP contribution in [-0.2, 0) is 0 Å². The first kappa shape index (κ1) is 7.80. The maximum atomic E-state index is 5.62. The molecule has 1 aliphatic rings. The predicted molar refractivity (Wildman–Crippen MR) is 47.7 cm³/mol. The second kappa shape index (κ2) is 3.27.